The van der Waals surface area contributed by atoms with Crippen LogP contribution in [0.3, 0.4) is 0 Å². The van der Waals surface area contributed by atoms with E-state index in [0.717, 1.165) is 30.4 Å². The Morgan fingerprint density at radius 2 is 1.79 bits per heavy atom. The molecule has 7 heteroatoms. The van der Waals surface area contributed by atoms with Gasteiger partial charge in [-0.1, -0.05) is 42.3 Å². The smallest absolute Gasteiger partial charge is 0.266 e. The summed E-state index contributed by atoms with van der Waals surface area (Å²) in [6.07, 6.45) is 4.24. The van der Waals surface area contributed by atoms with Crippen molar-refractivity contribution in [2.24, 2.45) is 0 Å². The molecule has 29 heavy (non-hydrogen) atoms. The van der Waals surface area contributed by atoms with Crippen LogP contribution in [0.15, 0.2) is 59.0 Å². The largest absolute Gasteiger partial charge is 0.321 e. The maximum atomic E-state index is 12.8. The number of nitriles is 1. The lowest BCUT2D eigenvalue weighted by molar-refractivity contribution is -0.112. The number of carbonyl (C=O) groups excluding carboxylic acids is 1. The first-order valence-corrected chi connectivity index (χ1v) is 10.9. The molecule has 3 rings (SSSR count). The average molecular weight is 410 g/mol. The number of aryl methyl sites for hydroxylation is 1. The van der Waals surface area contributed by atoms with Crippen LogP contribution in [0.2, 0.25) is 0 Å². The van der Waals surface area contributed by atoms with Crippen LogP contribution in [-0.2, 0) is 14.8 Å². The van der Waals surface area contributed by atoms with Crippen LogP contribution in [-0.4, -0.2) is 31.7 Å². The maximum Gasteiger partial charge on any atom is 0.266 e. The first-order chi connectivity index (χ1) is 13.9. The summed E-state index contributed by atoms with van der Waals surface area (Å²) in [5, 5.41) is 12.0. The standard InChI is InChI=1S/C22H23N3O3S/c1-17-8-10-18(11-9-17)14-19(16-23)22(26)24-20-6-5-7-21(15-20)29(27,28)25-12-3-2-4-13-25/h5-11,14-15H,2-4,12-13H2,1H3,(H,24,26). The molecule has 0 radical (unpaired) electrons. The van der Waals surface area contributed by atoms with Gasteiger partial charge in [0, 0.05) is 18.8 Å². The number of amides is 1. The van der Waals surface area contributed by atoms with Crippen molar-refractivity contribution in [3.8, 4) is 6.07 Å². The summed E-state index contributed by atoms with van der Waals surface area (Å²) < 4.78 is 27.1. The highest BCUT2D eigenvalue weighted by molar-refractivity contribution is 7.89. The number of rotatable bonds is 5. The number of hydrogen-bond acceptors (Lipinski definition) is 4. The number of nitrogens with one attached hydrogen (secondary N) is 1. The van der Waals surface area contributed by atoms with Gasteiger partial charge in [0.25, 0.3) is 5.91 Å². The van der Waals surface area contributed by atoms with Crippen molar-refractivity contribution in [2.45, 2.75) is 31.1 Å². The number of benzene rings is 2. The van der Waals surface area contributed by atoms with Crippen molar-refractivity contribution in [3.63, 3.8) is 0 Å². The lowest BCUT2D eigenvalue weighted by Crippen LogP contribution is -2.35. The van der Waals surface area contributed by atoms with Crippen molar-refractivity contribution in [3.05, 3.63) is 65.2 Å². The molecule has 0 aliphatic carbocycles. The molecule has 0 aromatic heterocycles. The van der Waals surface area contributed by atoms with Gasteiger partial charge in [-0.15, -0.1) is 0 Å². The first-order valence-electron chi connectivity index (χ1n) is 9.50. The van der Waals surface area contributed by atoms with Crippen LogP contribution >= 0.6 is 0 Å². The van der Waals surface area contributed by atoms with Gasteiger partial charge in [-0.2, -0.15) is 9.57 Å². The molecule has 1 aliphatic rings. The van der Waals surface area contributed by atoms with Crippen LogP contribution in [0.4, 0.5) is 5.69 Å². The Bertz CT molecular complexity index is 1060. The highest BCUT2D eigenvalue weighted by atomic mass is 32.2. The molecule has 0 spiro atoms. The lowest BCUT2D eigenvalue weighted by atomic mass is 10.1. The number of nitrogens with zero attached hydrogens (tertiary/aromatic N) is 2. The molecule has 1 aliphatic heterocycles. The minimum Gasteiger partial charge on any atom is -0.321 e. The molecular formula is C22H23N3O3S. The van der Waals surface area contributed by atoms with Crippen LogP contribution in [0.25, 0.3) is 6.08 Å². The Labute approximate surface area is 171 Å². The molecule has 0 bridgehead atoms. The third-order valence-corrected chi connectivity index (χ3v) is 6.69. The predicted molar refractivity (Wildman–Crippen MR) is 112 cm³/mol. The molecule has 1 amide bonds. The van der Waals surface area contributed by atoms with E-state index in [9.17, 15) is 18.5 Å². The van der Waals surface area contributed by atoms with E-state index in [1.54, 1.807) is 12.1 Å². The zero-order valence-electron chi connectivity index (χ0n) is 16.3. The quantitative estimate of drug-likeness (QED) is 0.602. The highest BCUT2D eigenvalue weighted by Crippen LogP contribution is 2.23. The van der Waals surface area contributed by atoms with E-state index in [-0.39, 0.29) is 10.5 Å². The summed E-state index contributed by atoms with van der Waals surface area (Å²) in [6.45, 7) is 2.98. The van der Waals surface area contributed by atoms with Gasteiger partial charge in [-0.05, 0) is 49.6 Å². The van der Waals surface area contributed by atoms with E-state index < -0.39 is 15.9 Å². The molecule has 2 aromatic carbocycles. The number of anilines is 1. The first kappa shape index (κ1) is 20.8. The second-order valence-electron chi connectivity index (χ2n) is 7.03. The zero-order valence-corrected chi connectivity index (χ0v) is 17.1. The molecule has 1 heterocycles. The summed E-state index contributed by atoms with van der Waals surface area (Å²) in [4.78, 5) is 12.7. The second-order valence-corrected chi connectivity index (χ2v) is 8.97. The van der Waals surface area contributed by atoms with Crippen molar-refractivity contribution in [1.82, 2.24) is 4.31 Å². The fraction of sp³-hybridized carbons (Fsp3) is 0.273. The molecule has 0 saturated carbocycles. The van der Waals surface area contributed by atoms with Crippen molar-refractivity contribution >= 4 is 27.7 Å². The van der Waals surface area contributed by atoms with Gasteiger partial charge in [-0.3, -0.25) is 4.79 Å². The van der Waals surface area contributed by atoms with Crippen molar-refractivity contribution in [2.75, 3.05) is 18.4 Å². The molecular weight excluding hydrogens is 386 g/mol. The van der Waals surface area contributed by atoms with Crippen molar-refractivity contribution < 1.29 is 13.2 Å². The average Bonchev–Trinajstić information content (AvgIpc) is 2.74. The molecule has 1 N–H and O–H groups in total. The minimum atomic E-state index is -3.60. The monoisotopic (exact) mass is 409 g/mol. The summed E-state index contributed by atoms with van der Waals surface area (Å²) >= 11 is 0. The topological polar surface area (TPSA) is 90.3 Å². The number of hydrogen-bond donors (Lipinski definition) is 1. The number of piperidine rings is 1. The van der Waals surface area contributed by atoms with Gasteiger partial charge in [0.15, 0.2) is 0 Å². The van der Waals surface area contributed by atoms with Crippen molar-refractivity contribution in [1.29, 1.82) is 5.26 Å². The second kappa shape index (κ2) is 9.03. The van der Waals surface area contributed by atoms with Gasteiger partial charge in [-0.25, -0.2) is 8.42 Å². The molecule has 2 aromatic rings. The van der Waals surface area contributed by atoms with E-state index >= 15 is 0 Å². The van der Waals surface area contributed by atoms with Gasteiger partial charge in [0.05, 0.1) is 4.90 Å². The fourth-order valence-corrected chi connectivity index (χ4v) is 4.73. The Balaban J connectivity index is 1.79. The van der Waals surface area contributed by atoms with Gasteiger partial charge in [0.2, 0.25) is 10.0 Å². The van der Waals surface area contributed by atoms with E-state index in [1.165, 1.54) is 22.5 Å². The normalized spacial score (nSPS) is 15.5. The van der Waals surface area contributed by atoms with Gasteiger partial charge in [0.1, 0.15) is 11.6 Å². The van der Waals surface area contributed by atoms with Crippen LogP contribution in [0.1, 0.15) is 30.4 Å². The Hall–Kier alpha value is -2.95. The number of carbonyl (C=O) groups is 1. The highest BCUT2D eigenvalue weighted by Gasteiger charge is 2.26. The Morgan fingerprint density at radius 3 is 2.45 bits per heavy atom. The van der Waals surface area contributed by atoms with E-state index in [1.807, 2.05) is 37.3 Å². The van der Waals surface area contributed by atoms with E-state index in [2.05, 4.69) is 5.32 Å². The molecule has 150 valence electrons. The molecule has 0 unspecified atom stereocenters. The molecule has 1 fully saturated rings. The minimum absolute atomic E-state index is 0.0573. The molecule has 1 saturated heterocycles. The van der Waals surface area contributed by atoms with Crippen LogP contribution < -0.4 is 5.32 Å². The predicted octanol–water partition coefficient (Wildman–Crippen LogP) is 3.72. The Kier molecular flexibility index (Phi) is 6.47. The van der Waals surface area contributed by atoms with E-state index in [4.69, 9.17) is 0 Å². The van der Waals surface area contributed by atoms with Gasteiger partial charge >= 0.3 is 0 Å². The van der Waals surface area contributed by atoms with E-state index in [0.29, 0.717) is 18.8 Å². The van der Waals surface area contributed by atoms with Crippen LogP contribution in [0.5, 0.6) is 0 Å². The maximum absolute atomic E-state index is 12.8. The molecule has 0 atom stereocenters. The summed E-state index contributed by atoms with van der Waals surface area (Å²) in [6, 6.07) is 15.5. The van der Waals surface area contributed by atoms with Crippen LogP contribution in [0, 0.1) is 18.3 Å². The SMILES string of the molecule is Cc1ccc(C=C(C#N)C(=O)Nc2cccc(S(=O)(=O)N3CCCCC3)c2)cc1. The fourth-order valence-electron chi connectivity index (χ4n) is 3.16. The Morgan fingerprint density at radius 1 is 1.10 bits per heavy atom. The summed E-state index contributed by atoms with van der Waals surface area (Å²) in [5.74, 6) is -0.583. The molecule has 6 nitrogen and oxygen atoms in total. The number of sulfonamides is 1. The third-order valence-electron chi connectivity index (χ3n) is 4.80. The van der Waals surface area contributed by atoms with Gasteiger partial charge < -0.3 is 5.32 Å². The summed E-state index contributed by atoms with van der Waals surface area (Å²) in [7, 11) is -3.60. The summed E-state index contributed by atoms with van der Waals surface area (Å²) in [5.41, 5.74) is 2.09. The lowest BCUT2D eigenvalue weighted by Gasteiger charge is -2.26. The zero-order chi connectivity index (χ0) is 20.9. The third kappa shape index (κ3) is 5.11.